The summed E-state index contributed by atoms with van der Waals surface area (Å²) in [6.07, 6.45) is 0.910. The molecule has 0 aliphatic carbocycles. The first-order valence-corrected chi connectivity index (χ1v) is 7.83. The molecule has 0 aliphatic heterocycles. The van der Waals surface area contributed by atoms with Gasteiger partial charge in [0.1, 0.15) is 6.10 Å². The van der Waals surface area contributed by atoms with E-state index in [2.05, 4.69) is 44.1 Å². The predicted octanol–water partition coefficient (Wildman–Crippen LogP) is 3.34. The van der Waals surface area contributed by atoms with Crippen LogP contribution in [0.2, 0.25) is 0 Å². The molecule has 1 aromatic rings. The van der Waals surface area contributed by atoms with E-state index >= 15 is 0 Å². The first-order valence-electron chi connectivity index (χ1n) is 7.83. The van der Waals surface area contributed by atoms with Gasteiger partial charge in [-0.2, -0.15) is 0 Å². The molecule has 0 saturated heterocycles. The van der Waals surface area contributed by atoms with Crippen LogP contribution in [0.15, 0.2) is 12.1 Å². The molecule has 1 atom stereocenters. The molecular weight excluding hydrogens is 264 g/mol. The maximum absolute atomic E-state index is 5.87. The van der Waals surface area contributed by atoms with Crippen molar-refractivity contribution < 1.29 is 9.47 Å². The predicted molar refractivity (Wildman–Crippen MR) is 86.8 cm³/mol. The van der Waals surface area contributed by atoms with E-state index in [1.54, 1.807) is 0 Å². The molecule has 1 rings (SSSR count). The molecule has 21 heavy (non-hydrogen) atoms. The number of aryl methyl sites for hydroxylation is 1. The van der Waals surface area contributed by atoms with E-state index in [9.17, 15) is 0 Å². The fraction of sp³-hybridized carbons (Fsp3) is 0.706. The summed E-state index contributed by atoms with van der Waals surface area (Å²) in [5.41, 5.74) is 2.36. The molecule has 0 aliphatic rings. The number of ether oxygens (including phenoxy) is 2. The Morgan fingerprint density at radius 3 is 2.52 bits per heavy atom. The van der Waals surface area contributed by atoms with Crippen LogP contribution in [0.4, 0.5) is 0 Å². The summed E-state index contributed by atoms with van der Waals surface area (Å²) in [4.78, 5) is 4.54. The molecule has 4 nitrogen and oxygen atoms in total. The van der Waals surface area contributed by atoms with E-state index in [-0.39, 0.29) is 11.6 Å². The van der Waals surface area contributed by atoms with Crippen LogP contribution in [0.3, 0.4) is 0 Å². The Labute approximate surface area is 129 Å². The van der Waals surface area contributed by atoms with Crippen LogP contribution in [-0.2, 0) is 17.7 Å². The second-order valence-corrected chi connectivity index (χ2v) is 6.35. The Morgan fingerprint density at radius 2 is 1.95 bits per heavy atom. The van der Waals surface area contributed by atoms with Gasteiger partial charge in [0.05, 0.1) is 6.61 Å². The molecule has 0 spiro atoms. The molecule has 0 bridgehead atoms. The van der Waals surface area contributed by atoms with Gasteiger partial charge in [0, 0.05) is 30.5 Å². The summed E-state index contributed by atoms with van der Waals surface area (Å²) in [7, 11) is 0. The van der Waals surface area contributed by atoms with Crippen LogP contribution in [0.1, 0.15) is 52.8 Å². The van der Waals surface area contributed by atoms with Crippen molar-refractivity contribution in [3.05, 3.63) is 23.4 Å². The lowest BCUT2D eigenvalue weighted by Gasteiger charge is -2.21. The third-order valence-electron chi connectivity index (χ3n) is 2.98. The zero-order chi connectivity index (χ0) is 15.9. The van der Waals surface area contributed by atoms with Gasteiger partial charge >= 0.3 is 0 Å². The molecule has 1 heterocycles. The molecule has 0 saturated carbocycles. The number of hydrogen-bond donors (Lipinski definition) is 1. The van der Waals surface area contributed by atoms with Gasteiger partial charge in [-0.3, -0.25) is 0 Å². The van der Waals surface area contributed by atoms with Crippen LogP contribution in [0.25, 0.3) is 0 Å². The molecular formula is C17H30N2O2. The normalized spacial score (nSPS) is 13.2. The Kier molecular flexibility index (Phi) is 7.12. The van der Waals surface area contributed by atoms with Crippen LogP contribution >= 0.6 is 0 Å². The van der Waals surface area contributed by atoms with Crippen LogP contribution in [-0.4, -0.2) is 29.8 Å². The lowest BCUT2D eigenvalue weighted by atomic mass is 10.1. The third kappa shape index (κ3) is 7.44. The number of hydrogen-bond acceptors (Lipinski definition) is 4. The molecule has 1 aromatic heterocycles. The summed E-state index contributed by atoms with van der Waals surface area (Å²) in [5.74, 6) is 0.687. The lowest BCUT2D eigenvalue weighted by Crippen LogP contribution is -2.35. The Bertz CT molecular complexity index is 427. The second kappa shape index (κ2) is 8.35. The molecule has 0 fully saturated rings. The van der Waals surface area contributed by atoms with E-state index in [1.807, 2.05) is 19.9 Å². The van der Waals surface area contributed by atoms with Crippen LogP contribution in [0.5, 0.6) is 5.88 Å². The van der Waals surface area contributed by atoms with Gasteiger partial charge < -0.3 is 14.8 Å². The highest BCUT2D eigenvalue weighted by molar-refractivity contribution is 5.25. The highest BCUT2D eigenvalue weighted by Gasteiger charge is 2.11. The van der Waals surface area contributed by atoms with E-state index in [0.29, 0.717) is 19.1 Å². The van der Waals surface area contributed by atoms with Crippen LogP contribution in [0, 0.1) is 0 Å². The number of pyridine rings is 1. The Morgan fingerprint density at radius 1 is 1.24 bits per heavy atom. The van der Waals surface area contributed by atoms with Gasteiger partial charge in [0.25, 0.3) is 0 Å². The largest absolute Gasteiger partial charge is 0.472 e. The summed E-state index contributed by atoms with van der Waals surface area (Å²) in [5, 5.41) is 3.50. The van der Waals surface area contributed by atoms with Gasteiger partial charge in [-0.15, -0.1) is 0 Å². The van der Waals surface area contributed by atoms with Gasteiger partial charge in [0.2, 0.25) is 5.88 Å². The number of nitrogens with zero attached hydrogens (tertiary/aromatic N) is 1. The topological polar surface area (TPSA) is 43.4 Å². The first-order chi connectivity index (χ1) is 9.84. The van der Waals surface area contributed by atoms with E-state index in [1.165, 1.54) is 5.56 Å². The minimum Gasteiger partial charge on any atom is -0.472 e. The molecule has 0 aromatic carbocycles. The Balaban J connectivity index is 2.74. The van der Waals surface area contributed by atoms with Crippen molar-refractivity contribution >= 4 is 0 Å². The van der Waals surface area contributed by atoms with Crippen molar-refractivity contribution in [1.29, 1.82) is 0 Å². The van der Waals surface area contributed by atoms with Gasteiger partial charge in [-0.05, 0) is 52.7 Å². The van der Waals surface area contributed by atoms with Crippen molar-refractivity contribution in [1.82, 2.24) is 10.3 Å². The van der Waals surface area contributed by atoms with Crippen LogP contribution < -0.4 is 10.1 Å². The second-order valence-electron chi connectivity index (χ2n) is 6.35. The number of rotatable bonds is 8. The zero-order valence-electron chi connectivity index (χ0n) is 14.3. The number of aromatic nitrogens is 1. The average molecular weight is 294 g/mol. The SMILES string of the molecule is CCOCC(C)Oc1cc(CNC(C)(C)C)cc(CC)n1. The third-order valence-corrected chi connectivity index (χ3v) is 2.98. The minimum atomic E-state index is 0.00739. The fourth-order valence-corrected chi connectivity index (χ4v) is 1.86. The molecule has 120 valence electrons. The molecule has 1 unspecified atom stereocenters. The summed E-state index contributed by atoms with van der Waals surface area (Å²) in [6.45, 7) is 14.7. The smallest absolute Gasteiger partial charge is 0.214 e. The average Bonchev–Trinajstić information content (AvgIpc) is 2.42. The Hall–Kier alpha value is -1.13. The minimum absolute atomic E-state index is 0.00739. The van der Waals surface area contributed by atoms with Crippen molar-refractivity contribution in [2.45, 2.75) is 66.2 Å². The van der Waals surface area contributed by atoms with E-state index < -0.39 is 0 Å². The maximum Gasteiger partial charge on any atom is 0.214 e. The van der Waals surface area contributed by atoms with Gasteiger partial charge in [0.15, 0.2) is 0 Å². The summed E-state index contributed by atoms with van der Waals surface area (Å²) < 4.78 is 11.2. The molecule has 0 amide bonds. The van der Waals surface area contributed by atoms with Crippen molar-refractivity contribution in [3.63, 3.8) is 0 Å². The molecule has 1 N–H and O–H groups in total. The van der Waals surface area contributed by atoms with E-state index in [0.717, 1.165) is 18.7 Å². The van der Waals surface area contributed by atoms with Gasteiger partial charge in [-0.25, -0.2) is 4.98 Å². The fourth-order valence-electron chi connectivity index (χ4n) is 1.86. The lowest BCUT2D eigenvalue weighted by molar-refractivity contribution is 0.0632. The van der Waals surface area contributed by atoms with Crippen molar-refractivity contribution in [3.8, 4) is 5.88 Å². The summed E-state index contributed by atoms with van der Waals surface area (Å²) in [6, 6.07) is 4.15. The monoisotopic (exact) mass is 294 g/mol. The first kappa shape index (κ1) is 17.9. The van der Waals surface area contributed by atoms with E-state index in [4.69, 9.17) is 9.47 Å². The maximum atomic E-state index is 5.87. The van der Waals surface area contributed by atoms with Crippen molar-refractivity contribution in [2.24, 2.45) is 0 Å². The van der Waals surface area contributed by atoms with Crippen molar-refractivity contribution in [2.75, 3.05) is 13.2 Å². The molecule has 0 radical (unpaired) electrons. The summed E-state index contributed by atoms with van der Waals surface area (Å²) >= 11 is 0. The zero-order valence-corrected chi connectivity index (χ0v) is 14.3. The molecule has 4 heteroatoms. The van der Waals surface area contributed by atoms with Gasteiger partial charge in [-0.1, -0.05) is 6.92 Å². The standard InChI is InChI=1S/C17H30N2O2/c1-7-15-9-14(11-18-17(4,5)6)10-16(19-15)21-13(3)12-20-8-2/h9-10,13,18H,7-8,11-12H2,1-6H3. The highest BCUT2D eigenvalue weighted by Crippen LogP contribution is 2.16. The highest BCUT2D eigenvalue weighted by atomic mass is 16.5. The number of nitrogens with one attached hydrogen (secondary N) is 1. The quantitative estimate of drug-likeness (QED) is 0.798.